The minimum absolute atomic E-state index is 0. The van der Waals surface area contributed by atoms with Gasteiger partial charge in [0.05, 0.1) is 41.7 Å². The second kappa shape index (κ2) is 28.2. The van der Waals surface area contributed by atoms with E-state index in [9.17, 15) is 42.7 Å². The highest BCUT2D eigenvalue weighted by Crippen LogP contribution is 2.34. The van der Waals surface area contributed by atoms with Gasteiger partial charge in [-0.05, 0) is 141 Å². The van der Waals surface area contributed by atoms with Crippen LogP contribution in [0.25, 0.3) is 30.4 Å². The van der Waals surface area contributed by atoms with Crippen LogP contribution in [-0.4, -0.2) is 82.2 Å². The summed E-state index contributed by atoms with van der Waals surface area (Å²) >= 11 is 2.41. The number of rotatable bonds is 18. The van der Waals surface area contributed by atoms with Crippen molar-refractivity contribution in [2.45, 2.75) is 181 Å². The molecule has 0 bridgehead atoms. The number of thiophene rings is 2. The number of hydrogen-bond donors (Lipinski definition) is 2. The number of ketones is 2. The third-order valence-corrected chi connectivity index (χ3v) is 15.4. The van der Waals surface area contributed by atoms with Gasteiger partial charge in [-0.3, -0.25) is 28.3 Å². The molecule has 0 radical (unpaired) electrons. The van der Waals surface area contributed by atoms with E-state index < -0.39 is 45.2 Å². The van der Waals surface area contributed by atoms with Crippen molar-refractivity contribution in [1.82, 2.24) is 48.3 Å². The number of phenols is 1. The summed E-state index contributed by atoms with van der Waals surface area (Å²) in [6, 6.07) is 7.93. The van der Waals surface area contributed by atoms with Gasteiger partial charge in [0, 0.05) is 43.2 Å². The highest BCUT2D eigenvalue weighted by molar-refractivity contribution is 7.21. The molecule has 0 fully saturated rings. The van der Waals surface area contributed by atoms with Crippen molar-refractivity contribution in [3.8, 4) is 21.5 Å². The minimum atomic E-state index is -1.39. The quantitative estimate of drug-likeness (QED) is 0.0815. The maximum absolute atomic E-state index is 14.2. The average molecular weight is 1180 g/mol. The fourth-order valence-corrected chi connectivity index (χ4v) is 11.4. The van der Waals surface area contributed by atoms with Gasteiger partial charge in [0.25, 0.3) is 11.1 Å². The zero-order chi connectivity index (χ0) is 58.6. The Morgan fingerprint density at radius 3 is 1.33 bits per heavy atom. The zero-order valence-electron chi connectivity index (χ0n) is 47.1. The Hall–Kier alpha value is -7.24. The molecule has 2 N–H and O–H groups in total. The summed E-state index contributed by atoms with van der Waals surface area (Å²) in [4.78, 5) is 85.6. The van der Waals surface area contributed by atoms with Gasteiger partial charge < -0.3 is 14.9 Å². The molecule has 8 rings (SSSR count). The number of benzene rings is 2. The molecule has 0 saturated heterocycles. The van der Waals surface area contributed by atoms with Crippen molar-refractivity contribution in [3.05, 3.63) is 137 Å². The Bertz CT molecular complexity index is 3730. The van der Waals surface area contributed by atoms with Crippen LogP contribution in [-0.2, 0) is 46.6 Å². The maximum Gasteiger partial charge on any atom is 0.332 e. The lowest BCUT2D eigenvalue weighted by Crippen LogP contribution is -2.52. The van der Waals surface area contributed by atoms with Crippen LogP contribution in [0.4, 0.5) is 8.78 Å². The van der Waals surface area contributed by atoms with Gasteiger partial charge >= 0.3 is 11.4 Å². The lowest BCUT2D eigenvalue weighted by molar-refractivity contribution is -0.127. The average Bonchev–Trinajstić information content (AvgIpc) is 4.03. The molecule has 23 heteroatoms. The molecule has 0 aliphatic rings. The number of carbonyl (C=O) groups is 2. The van der Waals surface area contributed by atoms with Gasteiger partial charge in [0.1, 0.15) is 53.9 Å². The van der Waals surface area contributed by atoms with Crippen LogP contribution in [0, 0.1) is 37.3 Å². The van der Waals surface area contributed by atoms with Crippen molar-refractivity contribution in [2.24, 2.45) is 11.8 Å². The summed E-state index contributed by atoms with van der Waals surface area (Å²) in [7, 11) is 0. The fourth-order valence-electron chi connectivity index (χ4n) is 8.89. The van der Waals surface area contributed by atoms with Crippen LogP contribution in [0.3, 0.4) is 0 Å². The van der Waals surface area contributed by atoms with E-state index in [0.717, 1.165) is 15.2 Å². The number of aliphatic hydroxyl groups is 1. The predicted molar refractivity (Wildman–Crippen MR) is 323 cm³/mol. The highest BCUT2D eigenvalue weighted by Gasteiger charge is 2.37. The number of aromatic hydroxyl groups is 1. The number of Topliss-reactive ketones (excluding diaryl/α,β-unsaturated/α-hetero) is 2. The van der Waals surface area contributed by atoms with Gasteiger partial charge in [-0.2, -0.15) is 20.4 Å². The molecule has 0 amide bonds. The SMILES string of the molecule is C.C.C.CC(C)O.Cc1c(-n2nccn2)sc2c1c(=O)n(C(C)(C)C(=O)CC(C)C)c(=O)n2CCc1cc(F)ccc1O.Cc1c(-n2nccn2)sc2c1c(=O)n(C(C)(C)C(=O)CC(C)C)c(=O)n2CCc1cc(F)ccc1OC(C)C. The van der Waals surface area contributed by atoms with Crippen LogP contribution in [0.1, 0.15) is 140 Å². The standard InChI is InChI=1S/C28H34FN5O4S.C25H28FN5O4S.C3H8O.3CH4/c1-16(2)14-22(35)28(6,7)33-24(36)23-18(5)25(34-30-11-12-31-34)39-26(23)32(27(33)37)13-10-19-15-20(29)8-9-21(19)38-17(3)4;1-14(2)12-19(33)25(4,5)30-21(34)20-15(3)22(31-27-9-10-28-31)36-23(20)29(24(30)35)11-8-16-13-17(26)6-7-18(16)32;1-3(2)4;;;/h8-9,11-12,15-17H,10,13-14H2,1-7H3;6-7,9-10,13-14,32H,8,11-12H2,1-5H3;3-4H,1-2H3;3*1H4. The van der Waals surface area contributed by atoms with Crippen LogP contribution < -0.4 is 27.2 Å². The number of aliphatic hydroxyl groups excluding tert-OH is 1. The number of fused-ring (bicyclic) bond motifs is 2. The topological polar surface area (TPSA) is 233 Å². The van der Waals surface area contributed by atoms with E-state index in [0.29, 0.717) is 58.4 Å². The van der Waals surface area contributed by atoms with Gasteiger partial charge in [-0.25, -0.2) is 27.5 Å². The zero-order valence-corrected chi connectivity index (χ0v) is 48.8. The Labute approximate surface area is 485 Å². The largest absolute Gasteiger partial charge is 0.508 e. The van der Waals surface area contributed by atoms with Gasteiger partial charge in [0.15, 0.2) is 11.6 Å². The first-order chi connectivity index (χ1) is 37.0. The van der Waals surface area contributed by atoms with Gasteiger partial charge in [-0.15, -0.1) is 9.59 Å². The Morgan fingerprint density at radius 2 is 0.963 bits per heavy atom. The number of carbonyl (C=O) groups excluding carboxylic acids is 2. The summed E-state index contributed by atoms with van der Waals surface area (Å²) < 4.78 is 38.9. The third kappa shape index (κ3) is 14.9. The lowest BCUT2D eigenvalue weighted by atomic mass is 9.91. The van der Waals surface area contributed by atoms with E-state index in [1.807, 2.05) is 41.5 Å². The van der Waals surface area contributed by atoms with Crippen LogP contribution in [0.15, 0.2) is 80.4 Å². The van der Waals surface area contributed by atoms with E-state index in [2.05, 4.69) is 20.4 Å². The molecule has 19 nitrogen and oxygen atoms in total. The first-order valence-electron chi connectivity index (χ1n) is 26.0. The second-order valence-electron chi connectivity index (χ2n) is 21.7. The summed E-state index contributed by atoms with van der Waals surface area (Å²) in [5.74, 6) is -0.812. The molecule has 0 aliphatic carbocycles. The maximum atomic E-state index is 14.2. The van der Waals surface area contributed by atoms with Crippen molar-refractivity contribution < 1.29 is 33.3 Å². The molecule has 0 aliphatic heterocycles. The van der Waals surface area contributed by atoms with Crippen LogP contribution in [0.2, 0.25) is 0 Å². The summed E-state index contributed by atoms with van der Waals surface area (Å²) in [6.45, 7) is 24.9. The van der Waals surface area contributed by atoms with Crippen molar-refractivity contribution in [2.75, 3.05) is 0 Å². The predicted octanol–water partition coefficient (Wildman–Crippen LogP) is 10.5. The smallest absolute Gasteiger partial charge is 0.332 e. The summed E-state index contributed by atoms with van der Waals surface area (Å²) in [6.07, 6.45) is 6.61. The first kappa shape index (κ1) is 69.0. The first-order valence-corrected chi connectivity index (χ1v) is 27.6. The van der Waals surface area contributed by atoms with Crippen molar-refractivity contribution >= 4 is 54.7 Å². The van der Waals surface area contributed by atoms with Gasteiger partial charge in [0.2, 0.25) is 0 Å². The monoisotopic (exact) mass is 1180 g/mol. The third-order valence-electron chi connectivity index (χ3n) is 12.9. The molecule has 0 atom stereocenters. The van der Waals surface area contributed by atoms with E-state index >= 15 is 0 Å². The van der Waals surface area contributed by atoms with E-state index in [-0.39, 0.29) is 102 Å². The number of halogens is 2. The Kier molecular flexibility index (Phi) is 23.7. The van der Waals surface area contributed by atoms with Crippen LogP contribution >= 0.6 is 22.7 Å². The molecule has 2 aromatic carbocycles. The normalized spacial score (nSPS) is 11.5. The highest BCUT2D eigenvalue weighted by atomic mass is 32.1. The Morgan fingerprint density at radius 1 is 0.610 bits per heavy atom. The molecule has 82 heavy (non-hydrogen) atoms. The minimum Gasteiger partial charge on any atom is -0.508 e. The molecule has 6 aromatic heterocycles. The van der Waals surface area contributed by atoms with Crippen molar-refractivity contribution in [1.29, 1.82) is 0 Å². The van der Waals surface area contributed by atoms with E-state index in [1.165, 1.54) is 90.5 Å². The molecule has 0 spiro atoms. The molecule has 8 aromatic rings. The molecular weight excluding hydrogens is 1090 g/mol. The number of phenolic OH excluding ortho intramolecular Hbond substituents is 1. The Balaban J connectivity index is 0.000000391. The lowest BCUT2D eigenvalue weighted by Gasteiger charge is -2.27. The molecule has 0 saturated carbocycles. The molecule has 448 valence electrons. The number of aryl methyl sites for hydroxylation is 6. The number of ether oxygens (including phenoxy) is 1. The second-order valence-corrected chi connectivity index (χ2v) is 23.6. The summed E-state index contributed by atoms with van der Waals surface area (Å²) in [5, 5.41) is 36.8. The van der Waals surface area contributed by atoms with Gasteiger partial charge in [-0.1, -0.05) is 72.6 Å². The number of aromatic nitrogens is 10. The molecule has 6 heterocycles. The fraction of sp³-hybridized carbons (Fsp3) is 0.492. The van der Waals surface area contributed by atoms with Crippen molar-refractivity contribution in [3.63, 3.8) is 0 Å². The van der Waals surface area contributed by atoms with E-state index in [1.54, 1.807) is 61.5 Å². The molecular formula is C59H82F2N10O9S2. The number of nitrogens with zero attached hydrogens (tertiary/aromatic N) is 10. The number of hydrogen-bond acceptors (Lipinski definition) is 15. The van der Waals surface area contributed by atoms with Crippen LogP contribution in [0.5, 0.6) is 11.5 Å². The summed E-state index contributed by atoms with van der Waals surface area (Å²) in [5.41, 5.74) is -3.00. The van der Waals surface area contributed by atoms with E-state index in [4.69, 9.17) is 9.84 Å². The molecule has 0 unspecified atom stereocenters.